The normalized spacial score (nSPS) is 12.7. The van der Waals surface area contributed by atoms with Crippen LogP contribution in [0.5, 0.6) is 0 Å². The van der Waals surface area contributed by atoms with Crippen LogP contribution in [0.2, 0.25) is 4.34 Å². The van der Waals surface area contributed by atoms with Gasteiger partial charge in [-0.1, -0.05) is 11.6 Å². The third kappa shape index (κ3) is 2.88. The summed E-state index contributed by atoms with van der Waals surface area (Å²) < 4.78 is 27.3. The lowest BCUT2D eigenvalue weighted by molar-refractivity contribution is 0.174. The van der Waals surface area contributed by atoms with Crippen LogP contribution in [0.4, 0.5) is 8.78 Å². The molecule has 18 heavy (non-hydrogen) atoms. The third-order valence-electron chi connectivity index (χ3n) is 2.66. The van der Waals surface area contributed by atoms with Crippen LogP contribution in [0.15, 0.2) is 24.3 Å². The Morgan fingerprint density at radius 1 is 1.28 bits per heavy atom. The fourth-order valence-corrected chi connectivity index (χ4v) is 2.82. The number of hydrogen-bond acceptors (Lipinski definition) is 2. The van der Waals surface area contributed by atoms with Crippen molar-refractivity contribution in [2.45, 2.75) is 19.4 Å². The van der Waals surface area contributed by atoms with Gasteiger partial charge in [0.05, 0.1) is 10.4 Å². The van der Waals surface area contributed by atoms with Gasteiger partial charge in [-0.05, 0) is 30.7 Å². The number of benzene rings is 1. The van der Waals surface area contributed by atoms with Crippen molar-refractivity contribution in [2.24, 2.45) is 0 Å². The van der Waals surface area contributed by atoms with E-state index in [1.807, 2.05) is 0 Å². The first-order chi connectivity index (χ1) is 8.47. The molecule has 1 aromatic carbocycles. The van der Waals surface area contributed by atoms with E-state index in [2.05, 4.69) is 0 Å². The molecule has 0 saturated carbocycles. The summed E-state index contributed by atoms with van der Waals surface area (Å²) in [6.45, 7) is 1.53. The van der Waals surface area contributed by atoms with E-state index in [1.165, 1.54) is 24.3 Å². The van der Waals surface area contributed by atoms with Gasteiger partial charge in [0.25, 0.3) is 0 Å². The van der Waals surface area contributed by atoms with Crippen LogP contribution in [0.3, 0.4) is 0 Å². The largest absolute Gasteiger partial charge is 0.388 e. The van der Waals surface area contributed by atoms with Gasteiger partial charge in [0.15, 0.2) is 0 Å². The molecule has 5 heteroatoms. The summed E-state index contributed by atoms with van der Waals surface area (Å²) in [5.41, 5.74) is 0.424. The molecule has 0 spiro atoms. The molecule has 0 aliphatic carbocycles. The molecule has 2 aromatic rings. The molecular weight excluding hydrogens is 278 g/mol. The number of aryl methyl sites for hydroxylation is 1. The molecule has 1 unspecified atom stereocenters. The van der Waals surface area contributed by atoms with Gasteiger partial charge in [-0.15, -0.1) is 11.3 Å². The van der Waals surface area contributed by atoms with Gasteiger partial charge >= 0.3 is 0 Å². The first kappa shape index (κ1) is 13.5. The van der Waals surface area contributed by atoms with Crippen LogP contribution in [0.1, 0.15) is 22.1 Å². The van der Waals surface area contributed by atoms with Crippen molar-refractivity contribution in [1.82, 2.24) is 0 Å². The first-order valence-electron chi connectivity index (χ1n) is 5.35. The SMILES string of the molecule is Cc1cc(C(O)Cc2ccc(Cl)s2)c(F)cc1F. The Labute approximate surface area is 113 Å². The van der Waals surface area contributed by atoms with Gasteiger partial charge in [0.2, 0.25) is 0 Å². The average Bonchev–Trinajstić information content (AvgIpc) is 2.69. The maximum absolute atomic E-state index is 13.6. The summed E-state index contributed by atoms with van der Waals surface area (Å²) in [4.78, 5) is 0.855. The molecule has 1 aromatic heterocycles. The monoisotopic (exact) mass is 288 g/mol. The Balaban J connectivity index is 2.23. The number of halogens is 3. The lowest BCUT2D eigenvalue weighted by Gasteiger charge is -2.12. The van der Waals surface area contributed by atoms with E-state index in [-0.39, 0.29) is 12.0 Å². The van der Waals surface area contributed by atoms with Gasteiger partial charge in [-0.2, -0.15) is 0 Å². The molecular formula is C13H11ClF2OS. The zero-order valence-corrected chi connectivity index (χ0v) is 11.2. The number of aliphatic hydroxyl groups is 1. The molecule has 0 aliphatic heterocycles. The van der Waals surface area contributed by atoms with Crippen molar-refractivity contribution in [3.05, 3.63) is 56.2 Å². The summed E-state index contributed by atoms with van der Waals surface area (Å²) in [5, 5.41) is 9.98. The summed E-state index contributed by atoms with van der Waals surface area (Å²) in [5.74, 6) is -1.34. The average molecular weight is 289 g/mol. The Bertz CT molecular complexity index is 568. The molecule has 1 heterocycles. The fourth-order valence-electron chi connectivity index (χ4n) is 1.70. The second kappa shape index (κ2) is 5.34. The molecule has 1 nitrogen and oxygen atoms in total. The zero-order valence-electron chi connectivity index (χ0n) is 9.58. The minimum Gasteiger partial charge on any atom is -0.388 e. The molecule has 2 rings (SSSR count). The van der Waals surface area contributed by atoms with Gasteiger partial charge in [0.1, 0.15) is 11.6 Å². The second-order valence-corrected chi connectivity index (χ2v) is 5.85. The predicted octanol–water partition coefficient (Wildman–Crippen LogP) is 4.26. The molecule has 0 fully saturated rings. The van der Waals surface area contributed by atoms with Crippen LogP contribution in [-0.4, -0.2) is 5.11 Å². The summed E-state index contributed by atoms with van der Waals surface area (Å²) in [6, 6.07) is 5.64. The van der Waals surface area contributed by atoms with E-state index in [1.54, 1.807) is 12.1 Å². The lowest BCUT2D eigenvalue weighted by atomic mass is 10.0. The number of hydrogen-bond donors (Lipinski definition) is 1. The Hall–Kier alpha value is -0.970. The zero-order chi connectivity index (χ0) is 13.3. The molecule has 96 valence electrons. The maximum Gasteiger partial charge on any atom is 0.131 e. The van der Waals surface area contributed by atoms with Crippen molar-refractivity contribution >= 4 is 22.9 Å². The van der Waals surface area contributed by atoms with Crippen molar-refractivity contribution in [3.63, 3.8) is 0 Å². The Morgan fingerprint density at radius 2 is 2.00 bits per heavy atom. The highest BCUT2D eigenvalue weighted by molar-refractivity contribution is 7.16. The van der Waals surface area contributed by atoms with Crippen LogP contribution < -0.4 is 0 Å². The maximum atomic E-state index is 13.6. The minimum atomic E-state index is -1.00. The van der Waals surface area contributed by atoms with Gasteiger partial charge in [-0.3, -0.25) is 0 Å². The van der Waals surface area contributed by atoms with Crippen molar-refractivity contribution in [3.8, 4) is 0 Å². The second-order valence-electron chi connectivity index (χ2n) is 4.05. The molecule has 0 amide bonds. The highest BCUT2D eigenvalue weighted by atomic mass is 35.5. The molecule has 0 radical (unpaired) electrons. The summed E-state index contributed by atoms with van der Waals surface area (Å²) in [6.07, 6.45) is -0.738. The van der Waals surface area contributed by atoms with Gasteiger partial charge in [-0.25, -0.2) is 8.78 Å². The number of rotatable bonds is 3. The topological polar surface area (TPSA) is 20.2 Å². The highest BCUT2D eigenvalue weighted by Gasteiger charge is 2.16. The van der Waals surface area contributed by atoms with Crippen molar-refractivity contribution < 1.29 is 13.9 Å². The molecule has 1 N–H and O–H groups in total. The van der Waals surface area contributed by atoms with Gasteiger partial charge in [0, 0.05) is 22.9 Å². The van der Waals surface area contributed by atoms with E-state index in [0.29, 0.717) is 9.90 Å². The standard InChI is InChI=1S/C13H11ClF2OS/c1-7-4-9(11(16)6-10(7)15)12(17)5-8-2-3-13(14)18-8/h2-4,6,12,17H,5H2,1H3. The number of thiophene rings is 1. The molecule has 0 aliphatic rings. The smallest absolute Gasteiger partial charge is 0.131 e. The van der Waals surface area contributed by atoms with Crippen molar-refractivity contribution in [2.75, 3.05) is 0 Å². The molecule has 1 atom stereocenters. The highest BCUT2D eigenvalue weighted by Crippen LogP contribution is 2.28. The Morgan fingerprint density at radius 3 is 2.61 bits per heavy atom. The predicted molar refractivity (Wildman–Crippen MR) is 69.1 cm³/mol. The van der Waals surface area contributed by atoms with Gasteiger partial charge < -0.3 is 5.11 Å². The Kier molecular flexibility index (Phi) is 4.00. The summed E-state index contributed by atoms with van der Waals surface area (Å²) in [7, 11) is 0. The molecule has 0 saturated heterocycles. The van der Waals surface area contributed by atoms with Crippen LogP contribution >= 0.6 is 22.9 Å². The number of aliphatic hydroxyl groups excluding tert-OH is 1. The van der Waals surface area contributed by atoms with Crippen LogP contribution in [0.25, 0.3) is 0 Å². The van der Waals surface area contributed by atoms with E-state index >= 15 is 0 Å². The van der Waals surface area contributed by atoms with Crippen molar-refractivity contribution in [1.29, 1.82) is 0 Å². The quantitative estimate of drug-likeness (QED) is 0.894. The van der Waals surface area contributed by atoms with E-state index in [4.69, 9.17) is 11.6 Å². The van der Waals surface area contributed by atoms with E-state index in [0.717, 1.165) is 10.9 Å². The van der Waals surface area contributed by atoms with Crippen LogP contribution in [-0.2, 0) is 6.42 Å². The fraction of sp³-hybridized carbons (Fsp3) is 0.231. The van der Waals surface area contributed by atoms with E-state index < -0.39 is 17.7 Å². The first-order valence-corrected chi connectivity index (χ1v) is 6.54. The minimum absolute atomic E-state index is 0.110. The summed E-state index contributed by atoms with van der Waals surface area (Å²) >= 11 is 7.11. The third-order valence-corrected chi connectivity index (χ3v) is 3.91. The van der Waals surface area contributed by atoms with Crippen LogP contribution in [0, 0.1) is 18.6 Å². The van der Waals surface area contributed by atoms with E-state index in [9.17, 15) is 13.9 Å². The molecule has 0 bridgehead atoms. The lowest BCUT2D eigenvalue weighted by Crippen LogP contribution is -2.05.